The predicted octanol–water partition coefficient (Wildman–Crippen LogP) is 2.76. The molecule has 2 amide bonds. The van der Waals surface area contributed by atoms with E-state index in [1.807, 2.05) is 11.9 Å². The van der Waals surface area contributed by atoms with Crippen LogP contribution in [0.4, 0.5) is 4.79 Å². The van der Waals surface area contributed by atoms with Crippen molar-refractivity contribution in [3.8, 4) is 0 Å². The normalized spacial score (nSPS) is 29.9. The Hall–Kier alpha value is -0.730. The minimum absolute atomic E-state index is 0.141. The number of carbonyl (C=O) groups is 1. The van der Waals surface area contributed by atoms with Gasteiger partial charge in [0, 0.05) is 19.1 Å². The van der Waals surface area contributed by atoms with Crippen LogP contribution in [0.15, 0.2) is 0 Å². The van der Waals surface area contributed by atoms with Gasteiger partial charge in [-0.3, -0.25) is 0 Å². The molecule has 3 heteroatoms. The molecular formula is C13H24N2O. The summed E-state index contributed by atoms with van der Waals surface area (Å²) in [5.41, 5.74) is 0. The van der Waals surface area contributed by atoms with Crippen molar-refractivity contribution in [2.24, 2.45) is 5.92 Å². The zero-order chi connectivity index (χ0) is 11.5. The van der Waals surface area contributed by atoms with E-state index in [0.717, 1.165) is 5.92 Å². The molecule has 0 aromatic carbocycles. The first-order valence-electron chi connectivity index (χ1n) is 6.74. The number of nitrogens with one attached hydrogen (secondary N) is 1. The van der Waals surface area contributed by atoms with Gasteiger partial charge in [-0.1, -0.05) is 13.3 Å². The molecule has 16 heavy (non-hydrogen) atoms. The molecule has 2 rings (SSSR count). The summed E-state index contributed by atoms with van der Waals surface area (Å²) in [6.07, 6.45) is 8.60. The van der Waals surface area contributed by atoms with Crippen LogP contribution in [0.1, 0.15) is 51.9 Å². The molecule has 0 spiro atoms. The molecule has 0 bridgehead atoms. The summed E-state index contributed by atoms with van der Waals surface area (Å²) < 4.78 is 0. The smallest absolute Gasteiger partial charge is 0.317 e. The molecule has 0 saturated heterocycles. The van der Waals surface area contributed by atoms with Gasteiger partial charge in [0.1, 0.15) is 0 Å². The lowest BCUT2D eigenvalue weighted by atomic mass is 9.84. The summed E-state index contributed by atoms with van der Waals surface area (Å²) in [7, 11) is 1.95. The molecule has 3 nitrogen and oxygen atoms in total. The van der Waals surface area contributed by atoms with E-state index in [1.54, 1.807) is 0 Å². The van der Waals surface area contributed by atoms with Crippen molar-refractivity contribution in [2.45, 2.75) is 64.0 Å². The molecule has 0 aliphatic heterocycles. The predicted molar refractivity (Wildman–Crippen MR) is 65.4 cm³/mol. The third kappa shape index (κ3) is 2.89. The van der Waals surface area contributed by atoms with E-state index in [9.17, 15) is 4.79 Å². The Kier molecular flexibility index (Phi) is 3.72. The highest BCUT2D eigenvalue weighted by Gasteiger charge is 2.29. The highest BCUT2D eigenvalue weighted by atomic mass is 16.2. The number of carbonyl (C=O) groups excluding carboxylic acids is 1. The van der Waals surface area contributed by atoms with Crippen LogP contribution in [-0.4, -0.2) is 30.1 Å². The highest BCUT2D eigenvalue weighted by molar-refractivity contribution is 5.74. The van der Waals surface area contributed by atoms with Crippen LogP contribution in [0.3, 0.4) is 0 Å². The van der Waals surface area contributed by atoms with E-state index in [2.05, 4.69) is 12.2 Å². The van der Waals surface area contributed by atoms with Gasteiger partial charge in [0.2, 0.25) is 0 Å². The SMILES string of the molecule is CCC1CCC(N(C)C(=O)NC2CC2)CC1. The van der Waals surface area contributed by atoms with Gasteiger partial charge in [-0.05, 0) is 44.4 Å². The summed E-state index contributed by atoms with van der Waals surface area (Å²) in [4.78, 5) is 13.8. The number of hydrogen-bond acceptors (Lipinski definition) is 1. The first-order valence-corrected chi connectivity index (χ1v) is 6.74. The largest absolute Gasteiger partial charge is 0.335 e. The Balaban J connectivity index is 1.76. The van der Waals surface area contributed by atoms with Crippen LogP contribution < -0.4 is 5.32 Å². The van der Waals surface area contributed by atoms with Crippen LogP contribution in [0.25, 0.3) is 0 Å². The molecule has 0 aromatic rings. The number of urea groups is 1. The van der Waals surface area contributed by atoms with Crippen LogP contribution in [0, 0.1) is 5.92 Å². The third-order valence-corrected chi connectivity index (χ3v) is 4.17. The van der Waals surface area contributed by atoms with Gasteiger partial charge in [0.05, 0.1) is 0 Å². The maximum atomic E-state index is 11.9. The lowest BCUT2D eigenvalue weighted by Crippen LogP contribution is -2.45. The fraction of sp³-hybridized carbons (Fsp3) is 0.923. The number of amides is 2. The molecule has 92 valence electrons. The maximum absolute atomic E-state index is 11.9. The van der Waals surface area contributed by atoms with Crippen molar-refractivity contribution in [3.63, 3.8) is 0 Å². The average molecular weight is 224 g/mol. The van der Waals surface area contributed by atoms with Crippen molar-refractivity contribution >= 4 is 6.03 Å². The first-order chi connectivity index (χ1) is 7.70. The molecule has 0 atom stereocenters. The Labute approximate surface area is 98.6 Å². The number of nitrogens with zero attached hydrogens (tertiary/aromatic N) is 1. The van der Waals surface area contributed by atoms with E-state index in [-0.39, 0.29) is 6.03 Å². The Morgan fingerprint density at radius 3 is 2.31 bits per heavy atom. The molecule has 0 heterocycles. The van der Waals surface area contributed by atoms with Gasteiger partial charge >= 0.3 is 6.03 Å². The summed E-state index contributed by atoms with van der Waals surface area (Å²) in [6.45, 7) is 2.27. The maximum Gasteiger partial charge on any atom is 0.317 e. The second-order valence-electron chi connectivity index (χ2n) is 5.42. The molecule has 2 fully saturated rings. The zero-order valence-electron chi connectivity index (χ0n) is 10.5. The minimum atomic E-state index is 0.141. The summed E-state index contributed by atoms with van der Waals surface area (Å²) in [5, 5.41) is 3.06. The molecule has 2 aliphatic rings. The quantitative estimate of drug-likeness (QED) is 0.785. The fourth-order valence-electron chi connectivity index (χ4n) is 2.61. The van der Waals surface area contributed by atoms with Crippen LogP contribution in [0.5, 0.6) is 0 Å². The number of hydrogen-bond donors (Lipinski definition) is 1. The lowest BCUT2D eigenvalue weighted by molar-refractivity contribution is 0.160. The average Bonchev–Trinajstić information content (AvgIpc) is 3.12. The van der Waals surface area contributed by atoms with Crippen LogP contribution in [0.2, 0.25) is 0 Å². The Bertz CT molecular complexity index is 242. The Morgan fingerprint density at radius 2 is 1.81 bits per heavy atom. The minimum Gasteiger partial charge on any atom is -0.335 e. The molecule has 0 radical (unpaired) electrons. The van der Waals surface area contributed by atoms with E-state index in [1.165, 1.54) is 44.9 Å². The molecule has 0 aromatic heterocycles. The van der Waals surface area contributed by atoms with Gasteiger partial charge in [0.25, 0.3) is 0 Å². The standard InChI is InChI=1S/C13H24N2O/c1-3-10-4-8-12(9-5-10)15(2)13(16)14-11-6-7-11/h10-12H,3-9H2,1-2H3,(H,14,16). The van der Waals surface area contributed by atoms with E-state index >= 15 is 0 Å². The summed E-state index contributed by atoms with van der Waals surface area (Å²) in [6, 6.07) is 1.09. The molecule has 2 aliphatic carbocycles. The summed E-state index contributed by atoms with van der Waals surface area (Å²) in [5.74, 6) is 0.899. The van der Waals surface area contributed by atoms with Crippen LogP contribution >= 0.6 is 0 Å². The van der Waals surface area contributed by atoms with Crippen molar-refractivity contribution in [1.82, 2.24) is 10.2 Å². The van der Waals surface area contributed by atoms with Gasteiger partial charge in [0.15, 0.2) is 0 Å². The van der Waals surface area contributed by atoms with Crippen molar-refractivity contribution in [1.29, 1.82) is 0 Å². The lowest BCUT2D eigenvalue weighted by Gasteiger charge is -2.34. The van der Waals surface area contributed by atoms with Crippen LogP contribution in [-0.2, 0) is 0 Å². The van der Waals surface area contributed by atoms with E-state index in [0.29, 0.717) is 12.1 Å². The molecular weight excluding hydrogens is 200 g/mol. The number of rotatable bonds is 3. The molecule has 0 unspecified atom stereocenters. The molecule has 2 saturated carbocycles. The summed E-state index contributed by atoms with van der Waals surface area (Å²) >= 11 is 0. The first kappa shape index (κ1) is 11.7. The van der Waals surface area contributed by atoms with Crippen molar-refractivity contribution in [2.75, 3.05) is 7.05 Å². The third-order valence-electron chi connectivity index (χ3n) is 4.17. The Morgan fingerprint density at radius 1 is 1.19 bits per heavy atom. The van der Waals surface area contributed by atoms with E-state index in [4.69, 9.17) is 0 Å². The highest BCUT2D eigenvalue weighted by Crippen LogP contribution is 2.29. The topological polar surface area (TPSA) is 32.3 Å². The van der Waals surface area contributed by atoms with Gasteiger partial charge < -0.3 is 10.2 Å². The fourth-order valence-corrected chi connectivity index (χ4v) is 2.61. The second kappa shape index (κ2) is 5.07. The van der Waals surface area contributed by atoms with Gasteiger partial charge in [-0.25, -0.2) is 4.79 Å². The van der Waals surface area contributed by atoms with Gasteiger partial charge in [-0.2, -0.15) is 0 Å². The zero-order valence-corrected chi connectivity index (χ0v) is 10.5. The van der Waals surface area contributed by atoms with Crippen molar-refractivity contribution in [3.05, 3.63) is 0 Å². The molecule has 1 N–H and O–H groups in total. The second-order valence-corrected chi connectivity index (χ2v) is 5.42. The van der Waals surface area contributed by atoms with Crippen molar-refractivity contribution < 1.29 is 4.79 Å². The monoisotopic (exact) mass is 224 g/mol. The van der Waals surface area contributed by atoms with E-state index < -0.39 is 0 Å². The van der Waals surface area contributed by atoms with Gasteiger partial charge in [-0.15, -0.1) is 0 Å².